The summed E-state index contributed by atoms with van der Waals surface area (Å²) in [5.74, 6) is -0.492. The molecule has 7 nitrogen and oxygen atoms in total. The summed E-state index contributed by atoms with van der Waals surface area (Å²) in [6.07, 6.45) is 0.788. The van der Waals surface area contributed by atoms with E-state index in [1.54, 1.807) is 58.3 Å². The van der Waals surface area contributed by atoms with Crippen LogP contribution in [0.1, 0.15) is 26.3 Å². The average Bonchev–Trinajstić information content (AvgIpc) is 2.74. The van der Waals surface area contributed by atoms with Crippen molar-refractivity contribution in [2.75, 3.05) is 31.5 Å². The Morgan fingerprint density at radius 1 is 1.00 bits per heavy atom. The average molecular weight is 362 g/mol. The van der Waals surface area contributed by atoms with Gasteiger partial charge in [-0.25, -0.2) is 0 Å². The maximum absolute atomic E-state index is 12.7. The number of amides is 3. The molecule has 27 heavy (non-hydrogen) atoms. The van der Waals surface area contributed by atoms with E-state index in [9.17, 15) is 14.4 Å². The van der Waals surface area contributed by atoms with Gasteiger partial charge in [0, 0.05) is 43.0 Å². The summed E-state index contributed by atoms with van der Waals surface area (Å²) in [4.78, 5) is 39.2. The maximum Gasteiger partial charge on any atom is 0.255 e. The number of nitrogens with one attached hydrogen (secondary N) is 1. The van der Waals surface area contributed by atoms with Crippen molar-refractivity contribution in [2.45, 2.75) is 0 Å². The van der Waals surface area contributed by atoms with Crippen LogP contribution >= 0.6 is 0 Å². The Morgan fingerprint density at radius 3 is 2.30 bits per heavy atom. The van der Waals surface area contributed by atoms with E-state index < -0.39 is 0 Å². The molecular weight excluding hydrogens is 344 g/mol. The summed E-state index contributed by atoms with van der Waals surface area (Å²) in [6, 6.07) is 15.1. The molecule has 0 radical (unpaired) electrons. The lowest BCUT2D eigenvalue weighted by molar-refractivity contribution is -0.119. The molecule has 2 aromatic carbocycles. The molecule has 1 saturated heterocycles. The minimum atomic E-state index is -0.333. The molecule has 1 aliphatic rings. The summed E-state index contributed by atoms with van der Waals surface area (Å²) < 4.78 is 0. The zero-order valence-corrected chi connectivity index (χ0v) is 14.6. The van der Waals surface area contributed by atoms with Gasteiger partial charge in [-0.1, -0.05) is 6.07 Å². The van der Waals surface area contributed by atoms with Crippen LogP contribution in [-0.4, -0.2) is 54.2 Å². The summed E-state index contributed by atoms with van der Waals surface area (Å²) in [5, 5.41) is 11.6. The number of hydrogen-bond donors (Lipinski definition) is 1. The lowest BCUT2D eigenvalue weighted by Crippen LogP contribution is -2.48. The highest BCUT2D eigenvalue weighted by Gasteiger charge is 2.22. The highest BCUT2D eigenvalue weighted by Crippen LogP contribution is 2.14. The van der Waals surface area contributed by atoms with E-state index in [0.717, 1.165) is 6.41 Å². The number of nitrogens with zero attached hydrogens (tertiary/aromatic N) is 3. The topological polar surface area (TPSA) is 93.5 Å². The third-order valence-corrected chi connectivity index (χ3v) is 4.39. The fourth-order valence-corrected chi connectivity index (χ4v) is 2.84. The van der Waals surface area contributed by atoms with E-state index in [4.69, 9.17) is 5.26 Å². The Kier molecular flexibility index (Phi) is 5.47. The van der Waals surface area contributed by atoms with Crippen LogP contribution in [0.15, 0.2) is 48.5 Å². The number of carbonyl (C=O) groups excluding carboxylic acids is 3. The lowest BCUT2D eigenvalue weighted by Gasteiger charge is -2.32. The molecule has 1 N–H and O–H groups in total. The smallest absolute Gasteiger partial charge is 0.255 e. The van der Waals surface area contributed by atoms with Gasteiger partial charge >= 0.3 is 0 Å². The molecule has 0 bridgehead atoms. The van der Waals surface area contributed by atoms with Crippen LogP contribution in [0.4, 0.5) is 5.69 Å². The van der Waals surface area contributed by atoms with E-state index in [2.05, 4.69) is 5.32 Å². The minimum Gasteiger partial charge on any atom is -0.342 e. The van der Waals surface area contributed by atoms with Crippen molar-refractivity contribution in [2.24, 2.45) is 0 Å². The molecule has 1 heterocycles. The summed E-state index contributed by atoms with van der Waals surface area (Å²) in [6.45, 7) is 1.96. The SMILES string of the molecule is N#Cc1ccc(NC(=O)c2cccc(C(=O)N3CCN(C=O)CC3)c2)cc1. The first kappa shape index (κ1) is 18.1. The van der Waals surface area contributed by atoms with Gasteiger partial charge in [0.1, 0.15) is 0 Å². The van der Waals surface area contributed by atoms with Crippen LogP contribution in [-0.2, 0) is 4.79 Å². The predicted octanol–water partition coefficient (Wildman–Crippen LogP) is 1.72. The molecular formula is C20H18N4O3. The molecule has 2 aromatic rings. The fraction of sp³-hybridized carbons (Fsp3) is 0.200. The Morgan fingerprint density at radius 2 is 1.67 bits per heavy atom. The van der Waals surface area contributed by atoms with Crippen molar-refractivity contribution in [1.82, 2.24) is 9.80 Å². The molecule has 3 rings (SSSR count). The number of anilines is 1. The predicted molar refractivity (Wildman–Crippen MR) is 99.1 cm³/mol. The summed E-state index contributed by atoms with van der Waals surface area (Å²) >= 11 is 0. The van der Waals surface area contributed by atoms with Gasteiger partial charge < -0.3 is 15.1 Å². The number of nitriles is 1. The second-order valence-corrected chi connectivity index (χ2v) is 6.16. The molecule has 0 aromatic heterocycles. The quantitative estimate of drug-likeness (QED) is 0.838. The summed E-state index contributed by atoms with van der Waals surface area (Å²) in [5.41, 5.74) is 1.88. The number of rotatable bonds is 4. The van der Waals surface area contributed by atoms with Crippen LogP contribution in [0.3, 0.4) is 0 Å². The van der Waals surface area contributed by atoms with Crippen molar-refractivity contribution in [3.05, 3.63) is 65.2 Å². The van der Waals surface area contributed by atoms with Crippen molar-refractivity contribution in [3.63, 3.8) is 0 Å². The number of piperazine rings is 1. The zero-order chi connectivity index (χ0) is 19.2. The van der Waals surface area contributed by atoms with E-state index >= 15 is 0 Å². The fourth-order valence-electron chi connectivity index (χ4n) is 2.84. The molecule has 0 spiro atoms. The first-order valence-electron chi connectivity index (χ1n) is 8.51. The van der Waals surface area contributed by atoms with Gasteiger partial charge in [0.15, 0.2) is 0 Å². The van der Waals surface area contributed by atoms with Crippen molar-refractivity contribution >= 4 is 23.9 Å². The highest BCUT2D eigenvalue weighted by atomic mass is 16.2. The number of carbonyl (C=O) groups is 3. The number of benzene rings is 2. The second kappa shape index (κ2) is 8.15. The van der Waals surface area contributed by atoms with E-state index in [-0.39, 0.29) is 11.8 Å². The first-order chi connectivity index (χ1) is 13.1. The van der Waals surface area contributed by atoms with Gasteiger partial charge in [0.25, 0.3) is 11.8 Å². The first-order valence-corrected chi connectivity index (χ1v) is 8.51. The monoisotopic (exact) mass is 362 g/mol. The highest BCUT2D eigenvalue weighted by molar-refractivity contribution is 6.06. The van der Waals surface area contributed by atoms with Crippen molar-refractivity contribution in [3.8, 4) is 6.07 Å². The third kappa shape index (κ3) is 4.30. The van der Waals surface area contributed by atoms with Crippen LogP contribution in [0.2, 0.25) is 0 Å². The Bertz CT molecular complexity index is 894. The van der Waals surface area contributed by atoms with Crippen molar-refractivity contribution in [1.29, 1.82) is 5.26 Å². The van der Waals surface area contributed by atoms with Gasteiger partial charge in [0.2, 0.25) is 6.41 Å². The van der Waals surface area contributed by atoms with Gasteiger partial charge in [-0.2, -0.15) is 5.26 Å². The molecule has 0 aliphatic carbocycles. The van der Waals surface area contributed by atoms with Crippen LogP contribution in [0.25, 0.3) is 0 Å². The summed E-state index contributed by atoms with van der Waals surface area (Å²) in [7, 11) is 0. The Balaban J connectivity index is 1.69. The van der Waals surface area contributed by atoms with Crippen LogP contribution in [0.5, 0.6) is 0 Å². The molecule has 3 amide bonds. The molecule has 1 aliphatic heterocycles. The van der Waals surface area contributed by atoms with E-state index in [1.807, 2.05) is 6.07 Å². The standard InChI is InChI=1S/C20H18N4O3/c21-13-15-4-6-18(7-5-15)22-19(26)16-2-1-3-17(12-16)20(27)24-10-8-23(14-25)9-11-24/h1-7,12,14H,8-11H2,(H,22,26). The van der Waals surface area contributed by atoms with Crippen molar-refractivity contribution < 1.29 is 14.4 Å². The van der Waals surface area contributed by atoms with Crippen LogP contribution < -0.4 is 5.32 Å². The molecule has 0 saturated carbocycles. The second-order valence-electron chi connectivity index (χ2n) is 6.16. The molecule has 0 unspecified atom stereocenters. The lowest BCUT2D eigenvalue weighted by atomic mass is 10.1. The normalized spacial score (nSPS) is 13.6. The maximum atomic E-state index is 12.7. The van der Waals surface area contributed by atoms with Crippen LogP contribution in [0, 0.1) is 11.3 Å². The minimum absolute atomic E-state index is 0.159. The number of hydrogen-bond acceptors (Lipinski definition) is 4. The van der Waals surface area contributed by atoms with Gasteiger partial charge in [-0.3, -0.25) is 14.4 Å². The Hall–Kier alpha value is -3.66. The molecule has 136 valence electrons. The van der Waals surface area contributed by atoms with Gasteiger partial charge in [-0.15, -0.1) is 0 Å². The molecule has 7 heteroatoms. The Labute approximate surface area is 156 Å². The largest absolute Gasteiger partial charge is 0.342 e. The van der Waals surface area contributed by atoms with Gasteiger partial charge in [0.05, 0.1) is 11.6 Å². The third-order valence-electron chi connectivity index (χ3n) is 4.39. The zero-order valence-electron chi connectivity index (χ0n) is 14.6. The van der Waals surface area contributed by atoms with E-state index in [1.165, 1.54) is 0 Å². The van der Waals surface area contributed by atoms with Gasteiger partial charge in [-0.05, 0) is 42.5 Å². The molecule has 1 fully saturated rings. The molecule has 0 atom stereocenters. The van der Waals surface area contributed by atoms with E-state index in [0.29, 0.717) is 48.6 Å².